The molecule has 5 heteroatoms. The zero-order chi connectivity index (χ0) is 14.5. The fourth-order valence-corrected chi connectivity index (χ4v) is 3.65. The molecule has 2 heterocycles. The highest BCUT2D eigenvalue weighted by Crippen LogP contribution is 2.26. The number of ether oxygens (including phenoxy) is 1. The number of hydrogen-bond donors (Lipinski definition) is 1. The van der Waals surface area contributed by atoms with E-state index in [0.717, 1.165) is 38.1 Å². The summed E-state index contributed by atoms with van der Waals surface area (Å²) in [6.07, 6.45) is 5.88. The molecule has 2 unspecified atom stereocenters. The van der Waals surface area contributed by atoms with E-state index >= 15 is 0 Å². The maximum absolute atomic E-state index is 5.94. The second-order valence-electron chi connectivity index (χ2n) is 5.38. The van der Waals surface area contributed by atoms with E-state index in [-0.39, 0.29) is 0 Å². The Balaban J connectivity index is 2.15. The lowest BCUT2D eigenvalue weighted by Gasteiger charge is -2.30. The molecule has 1 aliphatic rings. The van der Waals surface area contributed by atoms with Crippen molar-refractivity contribution in [3.8, 4) is 0 Å². The average Bonchev–Trinajstić information content (AvgIpc) is 2.81. The second-order valence-corrected chi connectivity index (χ2v) is 6.17. The van der Waals surface area contributed by atoms with Crippen molar-refractivity contribution in [3.63, 3.8) is 0 Å². The van der Waals surface area contributed by atoms with Crippen LogP contribution < -0.4 is 5.32 Å². The summed E-state index contributed by atoms with van der Waals surface area (Å²) < 4.78 is 9.24. The van der Waals surface area contributed by atoms with Gasteiger partial charge in [-0.3, -0.25) is 4.68 Å². The Morgan fingerprint density at radius 1 is 1.45 bits per heavy atom. The Hall–Kier alpha value is -0.390. The van der Waals surface area contributed by atoms with Crippen molar-refractivity contribution in [3.05, 3.63) is 15.9 Å². The van der Waals surface area contributed by atoms with Crippen LogP contribution in [0.25, 0.3) is 0 Å². The van der Waals surface area contributed by atoms with E-state index in [1.807, 2.05) is 7.05 Å². The molecule has 114 valence electrons. The lowest BCUT2D eigenvalue weighted by Crippen LogP contribution is -2.43. The summed E-state index contributed by atoms with van der Waals surface area (Å²) in [5.74, 6) is 0. The highest BCUT2D eigenvalue weighted by molar-refractivity contribution is 9.10. The molecule has 1 aliphatic heterocycles. The molecule has 0 aromatic carbocycles. The van der Waals surface area contributed by atoms with Gasteiger partial charge in [0.2, 0.25) is 0 Å². The first kappa shape index (κ1) is 16.0. The second kappa shape index (κ2) is 7.57. The van der Waals surface area contributed by atoms with Gasteiger partial charge in [-0.2, -0.15) is 5.10 Å². The van der Waals surface area contributed by atoms with Crippen molar-refractivity contribution in [2.24, 2.45) is 0 Å². The van der Waals surface area contributed by atoms with Gasteiger partial charge in [0.05, 0.1) is 22.0 Å². The SMILES string of the molecule is CCc1nn(CC)c(CC(NC)C2CCCCO2)c1Br. The maximum Gasteiger partial charge on any atom is 0.0766 e. The number of halogens is 1. The summed E-state index contributed by atoms with van der Waals surface area (Å²) in [6.45, 7) is 6.11. The number of likely N-dealkylation sites (N-methyl/N-ethyl adjacent to an activating group) is 1. The molecule has 1 fully saturated rings. The Morgan fingerprint density at radius 2 is 2.25 bits per heavy atom. The molecule has 1 saturated heterocycles. The van der Waals surface area contributed by atoms with Gasteiger partial charge in [0.1, 0.15) is 0 Å². The molecule has 1 aromatic heterocycles. The van der Waals surface area contributed by atoms with Gasteiger partial charge in [-0.15, -0.1) is 0 Å². The van der Waals surface area contributed by atoms with Gasteiger partial charge in [-0.1, -0.05) is 6.92 Å². The average molecular weight is 344 g/mol. The number of aromatic nitrogens is 2. The predicted molar refractivity (Wildman–Crippen MR) is 85.1 cm³/mol. The fourth-order valence-electron chi connectivity index (χ4n) is 2.92. The van der Waals surface area contributed by atoms with E-state index in [0.29, 0.717) is 12.1 Å². The molecule has 20 heavy (non-hydrogen) atoms. The van der Waals surface area contributed by atoms with Gasteiger partial charge in [0.25, 0.3) is 0 Å². The number of nitrogens with one attached hydrogen (secondary N) is 1. The van der Waals surface area contributed by atoms with Crippen molar-refractivity contribution in [2.75, 3.05) is 13.7 Å². The van der Waals surface area contributed by atoms with Crippen LogP contribution in [-0.4, -0.2) is 35.6 Å². The van der Waals surface area contributed by atoms with Gasteiger partial charge < -0.3 is 10.1 Å². The summed E-state index contributed by atoms with van der Waals surface area (Å²) in [7, 11) is 2.03. The van der Waals surface area contributed by atoms with Crippen molar-refractivity contribution in [2.45, 2.75) is 64.6 Å². The third-order valence-corrected chi connectivity index (χ3v) is 5.06. The third kappa shape index (κ3) is 3.43. The van der Waals surface area contributed by atoms with E-state index in [9.17, 15) is 0 Å². The lowest BCUT2D eigenvalue weighted by molar-refractivity contribution is -0.00627. The van der Waals surface area contributed by atoms with E-state index in [1.165, 1.54) is 23.0 Å². The van der Waals surface area contributed by atoms with Crippen molar-refractivity contribution >= 4 is 15.9 Å². The minimum atomic E-state index is 0.325. The molecule has 0 spiro atoms. The fraction of sp³-hybridized carbons (Fsp3) is 0.800. The van der Waals surface area contributed by atoms with Crippen LogP contribution in [0.2, 0.25) is 0 Å². The molecule has 0 aliphatic carbocycles. The molecule has 2 rings (SSSR count). The van der Waals surface area contributed by atoms with Crippen LogP contribution >= 0.6 is 15.9 Å². The normalized spacial score (nSPS) is 21.1. The molecule has 0 saturated carbocycles. The first-order valence-corrected chi connectivity index (χ1v) is 8.53. The monoisotopic (exact) mass is 343 g/mol. The number of aryl methyl sites for hydroxylation is 2. The van der Waals surface area contributed by atoms with Crippen LogP contribution in [0.1, 0.15) is 44.5 Å². The molecular formula is C15H26BrN3O. The topological polar surface area (TPSA) is 39.1 Å². The Labute approximate surface area is 130 Å². The molecule has 1 aromatic rings. The highest BCUT2D eigenvalue weighted by atomic mass is 79.9. The third-order valence-electron chi connectivity index (χ3n) is 4.14. The maximum atomic E-state index is 5.94. The molecule has 0 bridgehead atoms. The standard InChI is InChI=1S/C15H26BrN3O/c1-4-11-15(16)13(19(5-2)18-11)10-12(17-3)14-8-6-7-9-20-14/h12,14,17H,4-10H2,1-3H3. The Bertz CT molecular complexity index is 427. The van der Waals surface area contributed by atoms with Gasteiger partial charge in [0, 0.05) is 25.6 Å². The zero-order valence-corrected chi connectivity index (χ0v) is 14.4. The van der Waals surface area contributed by atoms with Crippen molar-refractivity contribution < 1.29 is 4.74 Å². The minimum absolute atomic E-state index is 0.325. The predicted octanol–water partition coefficient (Wildman–Crippen LogP) is 2.93. The van der Waals surface area contributed by atoms with Crippen LogP contribution in [0.15, 0.2) is 4.47 Å². The van der Waals surface area contributed by atoms with Crippen LogP contribution in [0.4, 0.5) is 0 Å². The first-order valence-electron chi connectivity index (χ1n) is 7.74. The molecule has 2 atom stereocenters. The highest BCUT2D eigenvalue weighted by Gasteiger charge is 2.26. The smallest absolute Gasteiger partial charge is 0.0766 e. The number of rotatable bonds is 6. The quantitative estimate of drug-likeness (QED) is 0.862. The summed E-state index contributed by atoms with van der Waals surface area (Å²) in [6, 6.07) is 0.360. The first-order chi connectivity index (χ1) is 9.71. The van der Waals surface area contributed by atoms with E-state index in [2.05, 4.69) is 44.9 Å². The number of nitrogens with zero attached hydrogens (tertiary/aromatic N) is 2. The van der Waals surface area contributed by atoms with Crippen LogP contribution in [0.3, 0.4) is 0 Å². The molecular weight excluding hydrogens is 318 g/mol. The summed E-state index contributed by atoms with van der Waals surface area (Å²) in [4.78, 5) is 0. The van der Waals surface area contributed by atoms with Gasteiger partial charge in [-0.25, -0.2) is 0 Å². The Kier molecular flexibility index (Phi) is 6.05. The lowest BCUT2D eigenvalue weighted by atomic mass is 9.98. The van der Waals surface area contributed by atoms with E-state index in [4.69, 9.17) is 4.74 Å². The molecule has 0 radical (unpaired) electrons. The van der Waals surface area contributed by atoms with Crippen molar-refractivity contribution in [1.29, 1.82) is 0 Å². The van der Waals surface area contributed by atoms with Crippen LogP contribution in [0, 0.1) is 0 Å². The van der Waals surface area contributed by atoms with Gasteiger partial charge in [-0.05, 0) is 55.6 Å². The van der Waals surface area contributed by atoms with Gasteiger partial charge in [0.15, 0.2) is 0 Å². The molecule has 0 amide bonds. The van der Waals surface area contributed by atoms with Crippen molar-refractivity contribution in [1.82, 2.24) is 15.1 Å². The summed E-state index contributed by atoms with van der Waals surface area (Å²) in [5, 5.41) is 8.12. The summed E-state index contributed by atoms with van der Waals surface area (Å²) in [5.41, 5.74) is 2.44. The van der Waals surface area contributed by atoms with Gasteiger partial charge >= 0.3 is 0 Å². The summed E-state index contributed by atoms with van der Waals surface area (Å²) >= 11 is 3.73. The van der Waals surface area contributed by atoms with Crippen LogP contribution in [0.5, 0.6) is 0 Å². The number of hydrogen-bond acceptors (Lipinski definition) is 3. The Morgan fingerprint density at radius 3 is 2.80 bits per heavy atom. The van der Waals surface area contributed by atoms with E-state index in [1.54, 1.807) is 0 Å². The molecule has 1 N–H and O–H groups in total. The zero-order valence-electron chi connectivity index (χ0n) is 12.8. The largest absolute Gasteiger partial charge is 0.377 e. The minimum Gasteiger partial charge on any atom is -0.377 e. The van der Waals surface area contributed by atoms with Crippen LogP contribution in [-0.2, 0) is 24.1 Å². The van der Waals surface area contributed by atoms with E-state index < -0.39 is 0 Å². The molecule has 4 nitrogen and oxygen atoms in total.